The lowest BCUT2D eigenvalue weighted by Gasteiger charge is -2.26. The number of rotatable bonds is 2. The van der Waals surface area contributed by atoms with E-state index in [0.717, 1.165) is 22.2 Å². The van der Waals surface area contributed by atoms with Crippen LogP contribution in [0.15, 0.2) is 48.5 Å². The van der Waals surface area contributed by atoms with Crippen molar-refractivity contribution in [1.82, 2.24) is 4.98 Å². The number of nitrogens with two attached hydrogens (primary N) is 1. The summed E-state index contributed by atoms with van der Waals surface area (Å²) < 4.78 is 29.5. The maximum absolute atomic E-state index is 14.8. The molecule has 0 amide bonds. The number of aliphatic hydroxyl groups excluding tert-OH is 1. The summed E-state index contributed by atoms with van der Waals surface area (Å²) in [5.41, 5.74) is 9.63. The monoisotopic (exact) mass is 424 g/mol. The molecule has 3 heterocycles. The van der Waals surface area contributed by atoms with Crippen LogP contribution in [0.4, 0.5) is 20.3 Å². The van der Waals surface area contributed by atoms with Crippen LogP contribution in [-0.4, -0.2) is 41.9 Å². The predicted molar refractivity (Wildman–Crippen MR) is 119 cm³/mol. The van der Waals surface area contributed by atoms with E-state index in [4.69, 9.17) is 10.7 Å². The number of alkyl halides is 2. The first-order valence-corrected chi connectivity index (χ1v) is 10.6. The molecule has 5 nitrogen and oxygen atoms in total. The molecule has 0 spiro atoms. The van der Waals surface area contributed by atoms with E-state index in [0.29, 0.717) is 31.0 Å². The van der Waals surface area contributed by atoms with Crippen molar-refractivity contribution in [3.63, 3.8) is 0 Å². The van der Waals surface area contributed by atoms with Gasteiger partial charge in [0.25, 0.3) is 5.92 Å². The summed E-state index contributed by atoms with van der Waals surface area (Å²) in [4.78, 5) is 8.83. The number of hydrogen-bond acceptors (Lipinski definition) is 5. The molecule has 0 unspecified atom stereocenters. The van der Waals surface area contributed by atoms with E-state index in [1.54, 1.807) is 18.2 Å². The standard InChI is InChI=1S/C24H26F2N4O/c1-15-6-7-20-17(10-15)21(30-13-19(27)22(31)14-30)11-23(28-20)29-9-8-24(25,26)18-5-3-2-4-16(18)12-29/h2-7,10-11,19,22,31H,8-9,12-14,27H2,1H3/t19-,22-/m1/s1. The average molecular weight is 424 g/mol. The number of aryl methyl sites for hydroxylation is 1. The molecule has 0 aliphatic carbocycles. The number of fused-ring (bicyclic) bond motifs is 2. The average Bonchev–Trinajstić information content (AvgIpc) is 3.01. The van der Waals surface area contributed by atoms with Crippen molar-refractivity contribution >= 4 is 22.4 Å². The lowest BCUT2D eigenvalue weighted by molar-refractivity contribution is -0.00967. The molecule has 2 aliphatic heterocycles. The zero-order valence-electron chi connectivity index (χ0n) is 17.4. The molecule has 7 heteroatoms. The maximum atomic E-state index is 14.8. The summed E-state index contributed by atoms with van der Waals surface area (Å²) in [6, 6.07) is 14.4. The van der Waals surface area contributed by atoms with Gasteiger partial charge in [0.2, 0.25) is 0 Å². The van der Waals surface area contributed by atoms with Gasteiger partial charge in [0.15, 0.2) is 0 Å². The fourth-order valence-corrected chi connectivity index (χ4v) is 4.65. The van der Waals surface area contributed by atoms with E-state index in [1.165, 1.54) is 6.07 Å². The highest BCUT2D eigenvalue weighted by Gasteiger charge is 2.37. The van der Waals surface area contributed by atoms with Crippen LogP contribution < -0.4 is 15.5 Å². The Morgan fingerprint density at radius 1 is 1.10 bits per heavy atom. The second-order valence-electron chi connectivity index (χ2n) is 8.69. The number of aromatic nitrogens is 1. The summed E-state index contributed by atoms with van der Waals surface area (Å²) in [5.74, 6) is -2.21. The van der Waals surface area contributed by atoms with Crippen molar-refractivity contribution in [1.29, 1.82) is 0 Å². The van der Waals surface area contributed by atoms with Crippen molar-refractivity contribution in [2.24, 2.45) is 5.73 Å². The molecule has 0 radical (unpaired) electrons. The van der Waals surface area contributed by atoms with Gasteiger partial charge in [0, 0.05) is 61.3 Å². The molecule has 31 heavy (non-hydrogen) atoms. The number of hydrogen-bond donors (Lipinski definition) is 2. The van der Waals surface area contributed by atoms with Gasteiger partial charge in [-0.1, -0.05) is 35.9 Å². The summed E-state index contributed by atoms with van der Waals surface area (Å²) in [6.07, 6.45) is -0.861. The minimum Gasteiger partial charge on any atom is -0.390 e. The Morgan fingerprint density at radius 3 is 2.68 bits per heavy atom. The van der Waals surface area contributed by atoms with Crippen LogP contribution in [-0.2, 0) is 12.5 Å². The maximum Gasteiger partial charge on any atom is 0.275 e. The zero-order valence-corrected chi connectivity index (χ0v) is 17.4. The van der Waals surface area contributed by atoms with Crippen LogP contribution in [0.2, 0.25) is 0 Å². The van der Waals surface area contributed by atoms with Crippen molar-refractivity contribution in [3.8, 4) is 0 Å². The van der Waals surface area contributed by atoms with Gasteiger partial charge in [-0.3, -0.25) is 0 Å². The molecular formula is C24H26F2N4O. The lowest BCUT2D eigenvalue weighted by Crippen LogP contribution is -2.32. The van der Waals surface area contributed by atoms with Gasteiger partial charge in [-0.05, 0) is 24.6 Å². The van der Waals surface area contributed by atoms with Crippen molar-refractivity contribution in [2.45, 2.75) is 38.0 Å². The number of β-amino-alcohol motifs (C(OH)–C–C–N with tert-alkyl or cyclic N) is 1. The minimum atomic E-state index is -2.87. The molecular weight excluding hydrogens is 398 g/mol. The number of anilines is 2. The fourth-order valence-electron chi connectivity index (χ4n) is 4.65. The second kappa shape index (κ2) is 7.43. The van der Waals surface area contributed by atoms with Gasteiger partial charge in [-0.15, -0.1) is 0 Å². The van der Waals surface area contributed by atoms with E-state index < -0.39 is 12.0 Å². The first-order valence-electron chi connectivity index (χ1n) is 10.6. The summed E-state index contributed by atoms with van der Waals surface area (Å²) in [7, 11) is 0. The van der Waals surface area contributed by atoms with Gasteiger partial charge in [0.05, 0.1) is 11.6 Å². The number of pyridine rings is 1. The van der Waals surface area contributed by atoms with E-state index in [9.17, 15) is 13.9 Å². The molecule has 1 aromatic heterocycles. The van der Waals surface area contributed by atoms with Crippen LogP contribution in [0.3, 0.4) is 0 Å². The Labute approximate surface area is 180 Å². The van der Waals surface area contributed by atoms with Crippen molar-refractivity contribution in [2.75, 3.05) is 29.4 Å². The highest BCUT2D eigenvalue weighted by Crippen LogP contribution is 2.39. The third kappa shape index (κ3) is 3.62. The predicted octanol–water partition coefficient (Wildman–Crippen LogP) is 3.55. The number of benzene rings is 2. The van der Waals surface area contributed by atoms with E-state index in [2.05, 4.69) is 11.0 Å². The fraction of sp³-hybridized carbons (Fsp3) is 0.375. The summed E-state index contributed by atoms with van der Waals surface area (Å²) >= 11 is 0. The topological polar surface area (TPSA) is 65.6 Å². The Balaban J connectivity index is 1.60. The molecule has 162 valence electrons. The summed E-state index contributed by atoms with van der Waals surface area (Å²) in [5, 5.41) is 11.2. The van der Waals surface area contributed by atoms with Gasteiger partial charge < -0.3 is 20.6 Å². The van der Waals surface area contributed by atoms with Gasteiger partial charge >= 0.3 is 0 Å². The van der Waals surface area contributed by atoms with Crippen molar-refractivity contribution in [3.05, 3.63) is 65.2 Å². The van der Waals surface area contributed by atoms with E-state index in [1.807, 2.05) is 30.0 Å². The van der Waals surface area contributed by atoms with Crippen molar-refractivity contribution < 1.29 is 13.9 Å². The van der Waals surface area contributed by atoms with Crippen LogP contribution in [0.25, 0.3) is 10.9 Å². The molecule has 2 aliphatic rings. The third-order valence-corrected chi connectivity index (χ3v) is 6.39. The third-order valence-electron chi connectivity index (χ3n) is 6.39. The van der Waals surface area contributed by atoms with E-state index in [-0.39, 0.29) is 24.6 Å². The second-order valence-corrected chi connectivity index (χ2v) is 8.69. The normalized spacial score (nSPS) is 23.1. The number of aliphatic hydroxyl groups is 1. The Morgan fingerprint density at radius 2 is 1.90 bits per heavy atom. The molecule has 0 bridgehead atoms. The highest BCUT2D eigenvalue weighted by molar-refractivity contribution is 5.94. The molecule has 3 N–H and O–H groups in total. The highest BCUT2D eigenvalue weighted by atomic mass is 19.3. The Bertz CT molecular complexity index is 1130. The zero-order chi connectivity index (χ0) is 21.8. The number of nitrogens with zero attached hydrogens (tertiary/aromatic N) is 3. The minimum absolute atomic E-state index is 0.0998. The molecule has 5 rings (SSSR count). The summed E-state index contributed by atoms with van der Waals surface area (Å²) in [6.45, 7) is 3.57. The molecule has 0 saturated carbocycles. The van der Waals surface area contributed by atoms with Crippen LogP contribution >= 0.6 is 0 Å². The first-order chi connectivity index (χ1) is 14.8. The molecule has 3 aromatic rings. The van der Waals surface area contributed by atoms with Crippen LogP contribution in [0.5, 0.6) is 0 Å². The Kier molecular flexibility index (Phi) is 4.83. The van der Waals surface area contributed by atoms with Crippen LogP contribution in [0.1, 0.15) is 23.1 Å². The van der Waals surface area contributed by atoms with Gasteiger partial charge in [-0.25, -0.2) is 13.8 Å². The lowest BCUT2D eigenvalue weighted by atomic mass is 10.0. The van der Waals surface area contributed by atoms with Gasteiger partial charge in [0.1, 0.15) is 5.82 Å². The molecule has 1 fully saturated rings. The Hall–Kier alpha value is -2.77. The smallest absolute Gasteiger partial charge is 0.275 e. The van der Waals surface area contributed by atoms with Gasteiger partial charge in [-0.2, -0.15) is 0 Å². The molecule has 2 atom stereocenters. The molecule has 1 saturated heterocycles. The largest absolute Gasteiger partial charge is 0.390 e. The quantitative estimate of drug-likeness (QED) is 0.659. The van der Waals surface area contributed by atoms with E-state index >= 15 is 0 Å². The van der Waals surface area contributed by atoms with Crippen LogP contribution in [0, 0.1) is 6.92 Å². The SMILES string of the molecule is Cc1ccc2nc(N3CCC(F)(F)c4ccccc4C3)cc(N3C[C@@H](N)[C@H](O)C3)c2c1. The first kappa shape index (κ1) is 20.2. The number of halogens is 2. The molecule has 2 aromatic carbocycles.